The lowest BCUT2D eigenvalue weighted by Gasteiger charge is -2.10. The summed E-state index contributed by atoms with van der Waals surface area (Å²) in [4.78, 5) is 4.66. The Balaban J connectivity index is 2.42. The molecule has 0 aliphatic carbocycles. The SMILES string of the molecule is CNc1ccc2cc3ccccc3nc2c1CO. The van der Waals surface area contributed by atoms with E-state index in [1.165, 1.54) is 0 Å². The molecule has 0 fully saturated rings. The summed E-state index contributed by atoms with van der Waals surface area (Å²) in [5, 5.41) is 14.8. The molecule has 0 aliphatic heterocycles. The van der Waals surface area contributed by atoms with E-state index >= 15 is 0 Å². The first-order valence-electron chi connectivity index (χ1n) is 5.93. The maximum absolute atomic E-state index is 9.54. The Morgan fingerprint density at radius 3 is 2.72 bits per heavy atom. The summed E-state index contributed by atoms with van der Waals surface area (Å²) in [6.07, 6.45) is 0. The standard InChI is InChI=1S/C15H14N2O/c1-16-14-7-6-11-8-10-4-2-3-5-13(10)17-15(11)12(14)9-18/h2-8,16,18H,9H2,1H3. The van der Waals surface area contributed by atoms with Crippen LogP contribution in [0.2, 0.25) is 0 Å². The molecule has 0 radical (unpaired) electrons. The molecular weight excluding hydrogens is 224 g/mol. The number of aliphatic hydroxyl groups excluding tert-OH is 1. The Hall–Kier alpha value is -2.13. The van der Waals surface area contributed by atoms with Crippen molar-refractivity contribution in [2.24, 2.45) is 0 Å². The van der Waals surface area contributed by atoms with Crippen LogP contribution in [0.1, 0.15) is 5.56 Å². The van der Waals surface area contributed by atoms with Crippen molar-refractivity contribution in [3.63, 3.8) is 0 Å². The Morgan fingerprint density at radius 2 is 1.94 bits per heavy atom. The van der Waals surface area contributed by atoms with Crippen molar-refractivity contribution >= 4 is 27.5 Å². The van der Waals surface area contributed by atoms with Crippen molar-refractivity contribution in [3.8, 4) is 0 Å². The quantitative estimate of drug-likeness (QED) is 0.675. The fourth-order valence-electron chi connectivity index (χ4n) is 2.30. The van der Waals surface area contributed by atoms with Crippen LogP contribution in [0.3, 0.4) is 0 Å². The fourth-order valence-corrected chi connectivity index (χ4v) is 2.30. The van der Waals surface area contributed by atoms with E-state index < -0.39 is 0 Å². The van der Waals surface area contributed by atoms with Gasteiger partial charge in [0.1, 0.15) is 0 Å². The van der Waals surface area contributed by atoms with E-state index in [1.54, 1.807) is 0 Å². The molecule has 1 heterocycles. The number of rotatable bonds is 2. The summed E-state index contributed by atoms with van der Waals surface area (Å²) in [6.45, 7) is -0.0150. The first kappa shape index (κ1) is 11.0. The van der Waals surface area contributed by atoms with E-state index in [9.17, 15) is 5.11 Å². The number of anilines is 1. The van der Waals surface area contributed by atoms with Crippen LogP contribution in [0.25, 0.3) is 21.8 Å². The minimum absolute atomic E-state index is 0.0150. The molecule has 1 aromatic heterocycles. The van der Waals surface area contributed by atoms with Gasteiger partial charge in [-0.15, -0.1) is 0 Å². The van der Waals surface area contributed by atoms with Gasteiger partial charge in [-0.1, -0.05) is 24.3 Å². The molecule has 0 spiro atoms. The highest BCUT2D eigenvalue weighted by atomic mass is 16.3. The molecule has 0 saturated heterocycles. The number of para-hydroxylation sites is 1. The molecule has 3 nitrogen and oxygen atoms in total. The number of hydrogen-bond donors (Lipinski definition) is 2. The molecule has 0 atom stereocenters. The number of pyridine rings is 1. The molecule has 0 aliphatic rings. The van der Waals surface area contributed by atoms with Crippen molar-refractivity contribution in [3.05, 3.63) is 48.0 Å². The Kier molecular flexibility index (Phi) is 2.61. The average molecular weight is 238 g/mol. The largest absolute Gasteiger partial charge is 0.392 e. The third kappa shape index (κ3) is 1.60. The van der Waals surface area contributed by atoms with E-state index in [4.69, 9.17) is 0 Å². The highest BCUT2D eigenvalue weighted by molar-refractivity contribution is 5.96. The number of benzene rings is 2. The summed E-state index contributed by atoms with van der Waals surface area (Å²) in [5.74, 6) is 0. The number of nitrogens with one attached hydrogen (secondary N) is 1. The second-order valence-corrected chi connectivity index (χ2v) is 4.25. The van der Waals surface area contributed by atoms with Crippen LogP contribution in [0, 0.1) is 0 Å². The minimum Gasteiger partial charge on any atom is -0.392 e. The maximum atomic E-state index is 9.54. The molecule has 3 aromatic rings. The van der Waals surface area contributed by atoms with Crippen molar-refractivity contribution in [2.75, 3.05) is 12.4 Å². The van der Waals surface area contributed by atoms with E-state index in [2.05, 4.69) is 16.4 Å². The van der Waals surface area contributed by atoms with E-state index in [0.717, 1.165) is 33.1 Å². The Morgan fingerprint density at radius 1 is 1.11 bits per heavy atom. The van der Waals surface area contributed by atoms with Crippen molar-refractivity contribution in [1.82, 2.24) is 4.98 Å². The second kappa shape index (κ2) is 4.27. The van der Waals surface area contributed by atoms with Gasteiger partial charge in [-0.05, 0) is 18.2 Å². The third-order valence-corrected chi connectivity index (χ3v) is 3.22. The lowest BCUT2D eigenvalue weighted by atomic mass is 10.1. The van der Waals surface area contributed by atoms with Crippen molar-refractivity contribution in [2.45, 2.75) is 6.61 Å². The molecular formula is C15H14N2O. The highest BCUT2D eigenvalue weighted by Crippen LogP contribution is 2.27. The molecule has 0 saturated carbocycles. The molecule has 2 N–H and O–H groups in total. The van der Waals surface area contributed by atoms with E-state index in [1.807, 2.05) is 43.4 Å². The minimum atomic E-state index is -0.0150. The lowest BCUT2D eigenvalue weighted by molar-refractivity contribution is 0.284. The number of aromatic nitrogens is 1. The van der Waals surface area contributed by atoms with Gasteiger partial charge < -0.3 is 10.4 Å². The zero-order chi connectivity index (χ0) is 12.5. The van der Waals surface area contributed by atoms with Gasteiger partial charge in [-0.25, -0.2) is 4.98 Å². The molecule has 2 aromatic carbocycles. The van der Waals surface area contributed by atoms with Gasteiger partial charge in [0.15, 0.2) is 0 Å². The van der Waals surface area contributed by atoms with Crippen LogP contribution in [0.15, 0.2) is 42.5 Å². The molecule has 90 valence electrons. The van der Waals surface area contributed by atoms with Crippen molar-refractivity contribution < 1.29 is 5.11 Å². The summed E-state index contributed by atoms with van der Waals surface area (Å²) in [6, 6.07) is 14.1. The number of hydrogen-bond acceptors (Lipinski definition) is 3. The van der Waals surface area contributed by atoms with Crippen LogP contribution in [0.5, 0.6) is 0 Å². The monoisotopic (exact) mass is 238 g/mol. The topological polar surface area (TPSA) is 45.2 Å². The number of aliphatic hydroxyl groups is 1. The van der Waals surface area contributed by atoms with E-state index in [-0.39, 0.29) is 6.61 Å². The smallest absolute Gasteiger partial charge is 0.0785 e. The zero-order valence-electron chi connectivity index (χ0n) is 10.1. The van der Waals surface area contributed by atoms with Crippen LogP contribution in [-0.2, 0) is 6.61 Å². The summed E-state index contributed by atoms with van der Waals surface area (Å²) in [5.41, 5.74) is 3.59. The second-order valence-electron chi connectivity index (χ2n) is 4.25. The maximum Gasteiger partial charge on any atom is 0.0785 e. The normalized spacial score (nSPS) is 11.0. The summed E-state index contributed by atoms with van der Waals surface area (Å²) >= 11 is 0. The molecule has 3 rings (SSSR count). The van der Waals surface area contributed by atoms with E-state index in [0.29, 0.717) is 0 Å². The van der Waals surface area contributed by atoms with Gasteiger partial charge in [0.05, 0.1) is 17.6 Å². The zero-order valence-corrected chi connectivity index (χ0v) is 10.1. The number of fused-ring (bicyclic) bond motifs is 2. The van der Waals surface area contributed by atoms with Crippen LogP contribution in [-0.4, -0.2) is 17.1 Å². The number of nitrogens with zero attached hydrogens (tertiary/aromatic N) is 1. The predicted molar refractivity (Wildman–Crippen MR) is 74.7 cm³/mol. The molecule has 0 bridgehead atoms. The fraction of sp³-hybridized carbons (Fsp3) is 0.133. The van der Waals surface area contributed by atoms with Gasteiger partial charge in [0.25, 0.3) is 0 Å². The summed E-state index contributed by atoms with van der Waals surface area (Å²) in [7, 11) is 1.85. The molecule has 3 heteroatoms. The van der Waals surface area contributed by atoms with Gasteiger partial charge in [0, 0.05) is 29.1 Å². The summed E-state index contributed by atoms with van der Waals surface area (Å²) < 4.78 is 0. The Bertz CT molecular complexity index is 722. The van der Waals surface area contributed by atoms with Gasteiger partial charge >= 0.3 is 0 Å². The predicted octanol–water partition coefficient (Wildman–Crippen LogP) is 2.92. The van der Waals surface area contributed by atoms with Gasteiger partial charge in [-0.3, -0.25) is 0 Å². The molecule has 0 unspecified atom stereocenters. The van der Waals surface area contributed by atoms with Crippen LogP contribution < -0.4 is 5.32 Å². The first-order valence-corrected chi connectivity index (χ1v) is 5.93. The molecule has 0 amide bonds. The Labute approximate surface area is 105 Å². The van der Waals surface area contributed by atoms with Gasteiger partial charge in [-0.2, -0.15) is 0 Å². The van der Waals surface area contributed by atoms with Crippen molar-refractivity contribution in [1.29, 1.82) is 0 Å². The van der Waals surface area contributed by atoms with Crippen LogP contribution in [0.4, 0.5) is 5.69 Å². The highest BCUT2D eigenvalue weighted by Gasteiger charge is 2.08. The van der Waals surface area contributed by atoms with Crippen LogP contribution >= 0.6 is 0 Å². The first-order chi connectivity index (χ1) is 8.83. The van der Waals surface area contributed by atoms with Gasteiger partial charge in [0.2, 0.25) is 0 Å². The lowest BCUT2D eigenvalue weighted by Crippen LogP contribution is -1.98. The molecule has 18 heavy (non-hydrogen) atoms. The average Bonchev–Trinajstić information content (AvgIpc) is 2.43. The third-order valence-electron chi connectivity index (χ3n) is 3.22.